The van der Waals surface area contributed by atoms with Crippen molar-refractivity contribution in [3.8, 4) is 5.75 Å². The molecule has 0 fully saturated rings. The van der Waals surface area contributed by atoms with Crippen molar-refractivity contribution in [1.29, 1.82) is 0 Å². The maximum atomic E-state index is 13.1. The molecule has 154 valence electrons. The van der Waals surface area contributed by atoms with Crippen LogP contribution in [0.5, 0.6) is 5.75 Å². The lowest BCUT2D eigenvalue weighted by atomic mass is 9.98. The first-order valence-corrected chi connectivity index (χ1v) is 9.60. The zero-order chi connectivity index (χ0) is 21.3. The van der Waals surface area contributed by atoms with E-state index in [-0.39, 0.29) is 24.9 Å². The molecular weight excluding hydrogens is 383 g/mol. The van der Waals surface area contributed by atoms with Gasteiger partial charge in [-0.05, 0) is 42.3 Å². The van der Waals surface area contributed by atoms with E-state index in [0.29, 0.717) is 17.7 Å². The van der Waals surface area contributed by atoms with Crippen LogP contribution in [0, 0.1) is 11.7 Å². The van der Waals surface area contributed by atoms with E-state index in [9.17, 15) is 14.0 Å². The average molecular weight is 406 g/mol. The molecule has 6 heteroatoms. The Morgan fingerprint density at radius 3 is 2.30 bits per heavy atom. The maximum Gasteiger partial charge on any atom is 0.251 e. The van der Waals surface area contributed by atoms with Crippen molar-refractivity contribution >= 4 is 11.8 Å². The summed E-state index contributed by atoms with van der Waals surface area (Å²) in [6.45, 7) is 0.321. The van der Waals surface area contributed by atoms with Crippen LogP contribution in [-0.2, 0) is 17.8 Å². The number of nitrogens with two attached hydrogens (primary N) is 1. The van der Waals surface area contributed by atoms with Gasteiger partial charge >= 0.3 is 0 Å². The number of carbonyl (C=O) groups excluding carboxylic acids is 2. The second-order valence-electron chi connectivity index (χ2n) is 6.90. The highest BCUT2D eigenvalue weighted by Crippen LogP contribution is 2.15. The van der Waals surface area contributed by atoms with Gasteiger partial charge in [0.25, 0.3) is 5.91 Å². The molecule has 3 rings (SSSR count). The number of hydrogen-bond acceptors (Lipinski definition) is 3. The van der Waals surface area contributed by atoms with Gasteiger partial charge in [0.05, 0.1) is 5.92 Å². The van der Waals surface area contributed by atoms with Crippen LogP contribution in [0.2, 0.25) is 0 Å². The molecule has 3 aromatic carbocycles. The van der Waals surface area contributed by atoms with Gasteiger partial charge in [-0.1, -0.05) is 48.5 Å². The molecule has 0 aliphatic carbocycles. The number of halogens is 1. The van der Waals surface area contributed by atoms with Gasteiger partial charge in [-0.3, -0.25) is 9.59 Å². The average Bonchev–Trinajstić information content (AvgIpc) is 2.77. The van der Waals surface area contributed by atoms with Gasteiger partial charge in [0, 0.05) is 17.7 Å². The summed E-state index contributed by atoms with van der Waals surface area (Å²) in [6.07, 6.45) is 0.314. The molecule has 3 aromatic rings. The quantitative estimate of drug-likeness (QED) is 0.571. The van der Waals surface area contributed by atoms with E-state index in [0.717, 1.165) is 11.1 Å². The Kier molecular flexibility index (Phi) is 7.16. The molecule has 30 heavy (non-hydrogen) atoms. The van der Waals surface area contributed by atoms with Gasteiger partial charge in [-0.15, -0.1) is 0 Å². The van der Waals surface area contributed by atoms with Crippen molar-refractivity contribution in [1.82, 2.24) is 5.32 Å². The molecule has 0 spiro atoms. The second-order valence-corrected chi connectivity index (χ2v) is 6.90. The fraction of sp³-hybridized carbons (Fsp3) is 0.167. The van der Waals surface area contributed by atoms with E-state index in [1.165, 1.54) is 12.1 Å². The molecule has 0 aromatic heterocycles. The molecule has 3 N–H and O–H groups in total. The molecule has 0 aliphatic rings. The highest BCUT2D eigenvalue weighted by Gasteiger charge is 2.19. The molecule has 0 saturated heterocycles. The lowest BCUT2D eigenvalue weighted by Crippen LogP contribution is -2.37. The number of benzene rings is 3. The summed E-state index contributed by atoms with van der Waals surface area (Å²) in [4.78, 5) is 24.6. The highest BCUT2D eigenvalue weighted by atomic mass is 19.1. The van der Waals surface area contributed by atoms with E-state index in [1.54, 1.807) is 24.3 Å². The summed E-state index contributed by atoms with van der Waals surface area (Å²) < 4.78 is 18.8. The van der Waals surface area contributed by atoms with Crippen molar-refractivity contribution in [3.63, 3.8) is 0 Å². The van der Waals surface area contributed by atoms with Crippen LogP contribution in [0.15, 0.2) is 78.9 Å². The van der Waals surface area contributed by atoms with E-state index in [4.69, 9.17) is 10.5 Å². The third-order valence-corrected chi connectivity index (χ3v) is 4.71. The number of para-hydroxylation sites is 1. The van der Waals surface area contributed by atoms with Gasteiger partial charge in [0.1, 0.15) is 18.2 Å². The molecule has 1 unspecified atom stereocenters. The number of ether oxygens (including phenoxy) is 1. The van der Waals surface area contributed by atoms with Crippen molar-refractivity contribution in [2.45, 2.75) is 13.0 Å². The summed E-state index contributed by atoms with van der Waals surface area (Å²) in [5.74, 6) is -1.09. The predicted molar refractivity (Wildman–Crippen MR) is 112 cm³/mol. The lowest BCUT2D eigenvalue weighted by molar-refractivity contribution is -0.121. The third kappa shape index (κ3) is 5.91. The van der Waals surface area contributed by atoms with Crippen LogP contribution in [0.25, 0.3) is 0 Å². The van der Waals surface area contributed by atoms with Gasteiger partial charge < -0.3 is 15.8 Å². The molecule has 0 heterocycles. The van der Waals surface area contributed by atoms with Crippen molar-refractivity contribution in [2.75, 3.05) is 6.54 Å². The summed E-state index contributed by atoms with van der Waals surface area (Å²) in [5.41, 5.74) is 7.47. The minimum atomic E-state index is -0.604. The number of rotatable bonds is 9. The fourth-order valence-corrected chi connectivity index (χ4v) is 3.03. The highest BCUT2D eigenvalue weighted by molar-refractivity contribution is 5.96. The van der Waals surface area contributed by atoms with Crippen LogP contribution in [-0.4, -0.2) is 18.4 Å². The maximum absolute atomic E-state index is 13.1. The predicted octanol–water partition coefficient (Wildman–Crippen LogP) is 3.48. The molecule has 2 amide bonds. The lowest BCUT2D eigenvalue weighted by Gasteiger charge is -2.16. The summed E-state index contributed by atoms with van der Waals surface area (Å²) in [6, 6.07) is 22.3. The van der Waals surface area contributed by atoms with Gasteiger partial charge in [-0.25, -0.2) is 4.39 Å². The molecule has 0 saturated carbocycles. The first-order valence-electron chi connectivity index (χ1n) is 9.60. The largest absolute Gasteiger partial charge is 0.489 e. The zero-order valence-electron chi connectivity index (χ0n) is 16.4. The van der Waals surface area contributed by atoms with Gasteiger partial charge in [-0.2, -0.15) is 0 Å². The Bertz CT molecular complexity index is 991. The molecule has 0 radical (unpaired) electrons. The Morgan fingerprint density at radius 2 is 1.60 bits per heavy atom. The van der Waals surface area contributed by atoms with E-state index >= 15 is 0 Å². The molecular formula is C24H23FN2O3. The topological polar surface area (TPSA) is 81.4 Å². The Balaban J connectivity index is 1.63. The van der Waals surface area contributed by atoms with Crippen LogP contribution in [0.3, 0.4) is 0 Å². The summed E-state index contributed by atoms with van der Waals surface area (Å²) >= 11 is 0. The number of primary amides is 1. The van der Waals surface area contributed by atoms with Crippen molar-refractivity contribution in [2.24, 2.45) is 11.7 Å². The van der Waals surface area contributed by atoms with Gasteiger partial charge in [0.15, 0.2) is 0 Å². The minimum Gasteiger partial charge on any atom is -0.489 e. The van der Waals surface area contributed by atoms with E-state index in [2.05, 4.69) is 5.32 Å². The zero-order valence-corrected chi connectivity index (χ0v) is 16.4. The first kappa shape index (κ1) is 21.0. The van der Waals surface area contributed by atoms with Crippen molar-refractivity contribution < 1.29 is 18.7 Å². The fourth-order valence-electron chi connectivity index (χ4n) is 3.03. The van der Waals surface area contributed by atoms with Crippen molar-refractivity contribution in [3.05, 3.63) is 101 Å². The van der Waals surface area contributed by atoms with Crippen LogP contribution >= 0.6 is 0 Å². The number of carbonyl (C=O) groups is 2. The molecule has 0 aliphatic heterocycles. The smallest absolute Gasteiger partial charge is 0.251 e. The Morgan fingerprint density at radius 1 is 0.933 bits per heavy atom. The number of hydrogen-bond donors (Lipinski definition) is 2. The third-order valence-electron chi connectivity index (χ3n) is 4.71. The normalized spacial score (nSPS) is 11.5. The van der Waals surface area contributed by atoms with Gasteiger partial charge in [0.2, 0.25) is 5.91 Å². The monoisotopic (exact) mass is 406 g/mol. The SMILES string of the molecule is NC(=O)C(CNC(=O)c1ccccc1COc1ccccc1)Cc1ccc(F)cc1. The van der Waals surface area contributed by atoms with E-state index in [1.807, 2.05) is 42.5 Å². The molecule has 5 nitrogen and oxygen atoms in total. The minimum absolute atomic E-state index is 0.0828. The van der Waals surface area contributed by atoms with Crippen LogP contribution in [0.1, 0.15) is 21.5 Å². The number of nitrogens with one attached hydrogen (secondary N) is 1. The Hall–Kier alpha value is -3.67. The second kappa shape index (κ2) is 10.2. The summed E-state index contributed by atoms with van der Waals surface area (Å²) in [7, 11) is 0. The molecule has 1 atom stereocenters. The Labute approximate surface area is 174 Å². The van der Waals surface area contributed by atoms with Crippen LogP contribution < -0.4 is 15.8 Å². The first-order chi connectivity index (χ1) is 14.5. The standard InChI is InChI=1S/C24H23FN2O3/c25-20-12-10-17(11-13-20)14-19(23(26)28)15-27-24(29)22-9-5-4-6-18(22)16-30-21-7-2-1-3-8-21/h1-13,19H,14-16H2,(H2,26,28)(H,27,29). The molecule has 0 bridgehead atoms. The van der Waals surface area contributed by atoms with Crippen LogP contribution in [0.4, 0.5) is 4.39 Å². The number of amides is 2. The van der Waals surface area contributed by atoms with E-state index < -0.39 is 11.8 Å². The summed E-state index contributed by atoms with van der Waals surface area (Å²) in [5, 5.41) is 2.78.